The Morgan fingerprint density at radius 3 is 3.00 bits per heavy atom. The van der Waals surface area contributed by atoms with E-state index in [0.29, 0.717) is 22.3 Å². The normalized spacial score (nSPS) is 10.2. The fourth-order valence-corrected chi connectivity index (χ4v) is 1.71. The topological polar surface area (TPSA) is 83.8 Å². The van der Waals surface area contributed by atoms with Gasteiger partial charge in [0.05, 0.1) is 6.20 Å². The zero-order valence-corrected chi connectivity index (χ0v) is 10.5. The summed E-state index contributed by atoms with van der Waals surface area (Å²) in [5.74, 6) is -0.146. The van der Waals surface area contributed by atoms with E-state index in [1.54, 1.807) is 30.6 Å². The molecule has 6 heteroatoms. The second kappa shape index (κ2) is 5.01. The predicted octanol–water partition coefficient (Wildman–Crippen LogP) is 1.68. The fraction of sp³-hybridized carbons (Fsp3) is 0.0909. The number of hydrogen-bond acceptors (Lipinski definition) is 3. The monoisotopic (exact) mass is 294 g/mol. The SMILES string of the molecule is Nc1ccc(C(=O)NCc2cn[nH]c2)cc1Br. The van der Waals surface area contributed by atoms with Crippen LogP contribution < -0.4 is 11.1 Å². The van der Waals surface area contributed by atoms with Gasteiger partial charge in [0.25, 0.3) is 5.91 Å². The summed E-state index contributed by atoms with van der Waals surface area (Å²) >= 11 is 3.28. The van der Waals surface area contributed by atoms with Gasteiger partial charge in [-0.15, -0.1) is 0 Å². The molecule has 0 radical (unpaired) electrons. The molecule has 0 aliphatic heterocycles. The quantitative estimate of drug-likeness (QED) is 0.753. The Bertz CT molecular complexity index is 524. The summed E-state index contributed by atoms with van der Waals surface area (Å²) < 4.78 is 0.716. The fourth-order valence-electron chi connectivity index (χ4n) is 1.33. The molecule has 88 valence electrons. The molecule has 2 aromatic rings. The van der Waals surface area contributed by atoms with Crippen LogP contribution in [0.4, 0.5) is 5.69 Å². The van der Waals surface area contributed by atoms with Gasteiger partial charge in [-0.05, 0) is 34.1 Å². The molecular formula is C11H11BrN4O. The molecule has 1 heterocycles. The van der Waals surface area contributed by atoms with Crippen molar-refractivity contribution in [2.45, 2.75) is 6.54 Å². The van der Waals surface area contributed by atoms with Crippen LogP contribution >= 0.6 is 15.9 Å². The van der Waals surface area contributed by atoms with Crippen LogP contribution in [0.15, 0.2) is 35.1 Å². The lowest BCUT2D eigenvalue weighted by Crippen LogP contribution is -2.22. The Hall–Kier alpha value is -1.82. The van der Waals surface area contributed by atoms with E-state index in [9.17, 15) is 4.79 Å². The van der Waals surface area contributed by atoms with Crippen molar-refractivity contribution in [2.24, 2.45) is 0 Å². The van der Waals surface area contributed by atoms with Crippen molar-refractivity contribution >= 4 is 27.5 Å². The molecule has 0 aliphatic carbocycles. The second-order valence-corrected chi connectivity index (χ2v) is 4.38. The summed E-state index contributed by atoms with van der Waals surface area (Å²) in [6.45, 7) is 0.442. The van der Waals surface area contributed by atoms with Crippen molar-refractivity contribution < 1.29 is 4.79 Å². The number of halogens is 1. The first kappa shape index (κ1) is 11.7. The third-order valence-electron chi connectivity index (χ3n) is 2.27. The smallest absolute Gasteiger partial charge is 0.251 e. The molecule has 0 unspecified atom stereocenters. The molecule has 0 aliphatic rings. The molecule has 1 aromatic carbocycles. The number of rotatable bonds is 3. The van der Waals surface area contributed by atoms with Gasteiger partial charge in [0.2, 0.25) is 0 Å². The number of nitrogens with two attached hydrogens (primary N) is 1. The zero-order valence-electron chi connectivity index (χ0n) is 8.90. The number of aromatic nitrogens is 2. The first-order valence-corrected chi connectivity index (χ1v) is 5.77. The van der Waals surface area contributed by atoms with Gasteiger partial charge in [-0.3, -0.25) is 9.89 Å². The van der Waals surface area contributed by atoms with E-state index in [1.807, 2.05) is 0 Å². The predicted molar refractivity (Wildman–Crippen MR) is 68.3 cm³/mol. The van der Waals surface area contributed by atoms with Crippen LogP contribution in [0.1, 0.15) is 15.9 Å². The van der Waals surface area contributed by atoms with Crippen molar-refractivity contribution in [1.82, 2.24) is 15.5 Å². The van der Waals surface area contributed by atoms with Crippen LogP contribution in [0.2, 0.25) is 0 Å². The highest BCUT2D eigenvalue weighted by molar-refractivity contribution is 9.10. The molecule has 2 rings (SSSR count). The van der Waals surface area contributed by atoms with Crippen molar-refractivity contribution in [3.63, 3.8) is 0 Å². The summed E-state index contributed by atoms with van der Waals surface area (Å²) in [4.78, 5) is 11.8. The van der Waals surface area contributed by atoms with Gasteiger partial charge < -0.3 is 11.1 Å². The second-order valence-electron chi connectivity index (χ2n) is 3.53. The number of anilines is 1. The van der Waals surface area contributed by atoms with Gasteiger partial charge in [0, 0.05) is 34.0 Å². The summed E-state index contributed by atoms with van der Waals surface area (Å²) in [6.07, 6.45) is 3.40. The van der Waals surface area contributed by atoms with Gasteiger partial charge in [0.15, 0.2) is 0 Å². The Labute approximate surface area is 107 Å². The number of carbonyl (C=O) groups is 1. The molecule has 0 atom stereocenters. The number of amides is 1. The Balaban J connectivity index is 2.02. The minimum absolute atomic E-state index is 0.146. The van der Waals surface area contributed by atoms with E-state index in [1.165, 1.54) is 0 Å². The molecule has 4 N–H and O–H groups in total. The van der Waals surface area contributed by atoms with E-state index >= 15 is 0 Å². The number of H-pyrrole nitrogens is 1. The largest absolute Gasteiger partial charge is 0.398 e. The number of nitrogen functional groups attached to an aromatic ring is 1. The van der Waals surface area contributed by atoms with Crippen LogP contribution in [0.25, 0.3) is 0 Å². The minimum atomic E-state index is -0.146. The number of carbonyl (C=O) groups excluding carboxylic acids is 1. The maximum atomic E-state index is 11.8. The van der Waals surface area contributed by atoms with E-state index in [2.05, 4.69) is 31.4 Å². The van der Waals surface area contributed by atoms with Crippen LogP contribution in [-0.4, -0.2) is 16.1 Å². The molecule has 17 heavy (non-hydrogen) atoms. The maximum absolute atomic E-state index is 11.8. The zero-order chi connectivity index (χ0) is 12.3. The average molecular weight is 295 g/mol. The highest BCUT2D eigenvalue weighted by Crippen LogP contribution is 2.20. The summed E-state index contributed by atoms with van der Waals surface area (Å²) in [5, 5.41) is 9.27. The molecule has 5 nitrogen and oxygen atoms in total. The highest BCUT2D eigenvalue weighted by atomic mass is 79.9. The minimum Gasteiger partial charge on any atom is -0.398 e. The summed E-state index contributed by atoms with van der Waals surface area (Å²) in [5.41, 5.74) is 7.75. The van der Waals surface area contributed by atoms with Crippen LogP contribution in [0.3, 0.4) is 0 Å². The van der Waals surface area contributed by atoms with Crippen molar-refractivity contribution in [2.75, 3.05) is 5.73 Å². The van der Waals surface area contributed by atoms with E-state index < -0.39 is 0 Å². The molecule has 1 amide bonds. The van der Waals surface area contributed by atoms with Crippen LogP contribution in [0, 0.1) is 0 Å². The molecule has 0 bridgehead atoms. The van der Waals surface area contributed by atoms with Gasteiger partial charge in [-0.25, -0.2) is 0 Å². The number of hydrogen-bond donors (Lipinski definition) is 3. The van der Waals surface area contributed by atoms with Gasteiger partial charge in [0.1, 0.15) is 0 Å². The molecule has 0 saturated heterocycles. The standard InChI is InChI=1S/C11H11BrN4O/c12-9-3-8(1-2-10(9)13)11(17)14-4-7-5-15-16-6-7/h1-3,5-6H,4,13H2,(H,14,17)(H,15,16). The van der Waals surface area contributed by atoms with Crippen molar-refractivity contribution in [3.05, 3.63) is 46.2 Å². The molecular weight excluding hydrogens is 284 g/mol. The number of benzene rings is 1. The third kappa shape index (κ3) is 2.85. The first-order valence-electron chi connectivity index (χ1n) is 4.97. The van der Waals surface area contributed by atoms with Gasteiger partial charge >= 0.3 is 0 Å². The maximum Gasteiger partial charge on any atom is 0.251 e. The molecule has 0 fully saturated rings. The average Bonchev–Trinajstić information content (AvgIpc) is 2.82. The summed E-state index contributed by atoms with van der Waals surface area (Å²) in [7, 11) is 0. The Kier molecular flexibility index (Phi) is 3.43. The van der Waals surface area contributed by atoms with E-state index in [-0.39, 0.29) is 5.91 Å². The van der Waals surface area contributed by atoms with Crippen molar-refractivity contribution in [1.29, 1.82) is 0 Å². The highest BCUT2D eigenvalue weighted by Gasteiger charge is 2.07. The lowest BCUT2D eigenvalue weighted by molar-refractivity contribution is 0.0951. The van der Waals surface area contributed by atoms with Crippen LogP contribution in [0.5, 0.6) is 0 Å². The molecule has 0 saturated carbocycles. The number of nitrogens with one attached hydrogen (secondary N) is 2. The van der Waals surface area contributed by atoms with Gasteiger partial charge in [-0.2, -0.15) is 5.10 Å². The van der Waals surface area contributed by atoms with Crippen LogP contribution in [-0.2, 0) is 6.54 Å². The Morgan fingerprint density at radius 2 is 2.35 bits per heavy atom. The lowest BCUT2D eigenvalue weighted by Gasteiger charge is -2.05. The van der Waals surface area contributed by atoms with Crippen molar-refractivity contribution in [3.8, 4) is 0 Å². The summed E-state index contributed by atoms with van der Waals surface area (Å²) in [6, 6.07) is 5.07. The lowest BCUT2D eigenvalue weighted by atomic mass is 10.2. The number of aromatic amines is 1. The molecule has 1 aromatic heterocycles. The number of nitrogens with zero attached hydrogens (tertiary/aromatic N) is 1. The van der Waals surface area contributed by atoms with E-state index in [4.69, 9.17) is 5.73 Å². The van der Waals surface area contributed by atoms with Gasteiger partial charge in [-0.1, -0.05) is 0 Å². The molecule has 0 spiro atoms. The van der Waals surface area contributed by atoms with E-state index in [0.717, 1.165) is 5.56 Å². The first-order chi connectivity index (χ1) is 8.16. The Morgan fingerprint density at radius 1 is 1.53 bits per heavy atom. The third-order valence-corrected chi connectivity index (χ3v) is 2.96.